The van der Waals surface area contributed by atoms with Gasteiger partial charge in [0.05, 0.1) is 0 Å². The number of hydrogen-bond acceptors (Lipinski definition) is 2. The van der Waals surface area contributed by atoms with E-state index < -0.39 is 0 Å². The lowest BCUT2D eigenvalue weighted by molar-refractivity contribution is 0.213. The van der Waals surface area contributed by atoms with E-state index >= 15 is 0 Å². The monoisotopic (exact) mass is 262 g/mol. The normalized spacial score (nSPS) is 25.0. The number of hydrogen-bond donors (Lipinski definition) is 1. The summed E-state index contributed by atoms with van der Waals surface area (Å²) < 4.78 is 0. The first-order chi connectivity index (χ1) is 7.78. The molecule has 1 aliphatic heterocycles. The maximum Gasteiger partial charge on any atom is 0.0434 e. The van der Waals surface area contributed by atoms with E-state index in [0.717, 1.165) is 36.6 Å². The highest BCUT2D eigenvalue weighted by Crippen LogP contribution is 2.28. The average Bonchev–Trinajstić information content (AvgIpc) is 3.12. The van der Waals surface area contributed by atoms with Crippen LogP contribution in [0.1, 0.15) is 25.7 Å². The third-order valence-corrected chi connectivity index (χ3v) is 4.08. The van der Waals surface area contributed by atoms with Gasteiger partial charge in [0.2, 0.25) is 0 Å². The van der Waals surface area contributed by atoms with Crippen LogP contribution in [0, 0.1) is 5.92 Å². The molecular weight excluding hydrogens is 243 g/mol. The quantitative estimate of drug-likeness (QED) is 0.820. The van der Waals surface area contributed by atoms with Gasteiger partial charge in [-0.05, 0) is 38.1 Å². The van der Waals surface area contributed by atoms with Crippen LogP contribution in [0.3, 0.4) is 0 Å². The van der Waals surface area contributed by atoms with Crippen LogP contribution < -0.4 is 5.32 Å². The highest BCUT2D eigenvalue weighted by Gasteiger charge is 2.24. The first-order valence-corrected chi connectivity index (χ1v) is 7.00. The summed E-state index contributed by atoms with van der Waals surface area (Å²) in [6.07, 6.45) is 5.34. The second-order valence-electron chi connectivity index (χ2n) is 4.96. The van der Waals surface area contributed by atoms with Gasteiger partial charge in [-0.3, -0.25) is 4.90 Å². The average molecular weight is 263 g/mol. The van der Waals surface area contributed by atoms with Gasteiger partial charge in [0.25, 0.3) is 0 Å². The fourth-order valence-corrected chi connectivity index (χ4v) is 2.44. The maximum atomic E-state index is 5.92. The van der Waals surface area contributed by atoms with Gasteiger partial charge in [-0.2, -0.15) is 0 Å². The third-order valence-electron chi connectivity index (χ3n) is 3.47. The third kappa shape index (κ3) is 4.25. The van der Waals surface area contributed by atoms with Crippen LogP contribution in [-0.4, -0.2) is 37.1 Å². The van der Waals surface area contributed by atoms with Crippen molar-refractivity contribution in [1.29, 1.82) is 0 Å². The molecule has 1 N–H and O–H groups in total. The zero-order valence-corrected chi connectivity index (χ0v) is 11.1. The summed E-state index contributed by atoms with van der Waals surface area (Å²) >= 11 is 11.5. The molecule has 1 aliphatic carbocycles. The Morgan fingerprint density at radius 3 is 2.50 bits per heavy atom. The molecule has 2 aliphatic rings. The van der Waals surface area contributed by atoms with Gasteiger partial charge in [-0.25, -0.2) is 0 Å². The first-order valence-electron chi connectivity index (χ1n) is 6.18. The fourth-order valence-electron chi connectivity index (χ4n) is 2.20. The van der Waals surface area contributed by atoms with Crippen molar-refractivity contribution < 1.29 is 0 Å². The molecule has 4 heteroatoms. The Bertz CT molecular complexity index is 243. The second-order valence-corrected chi connectivity index (χ2v) is 5.66. The van der Waals surface area contributed by atoms with Crippen molar-refractivity contribution in [2.24, 2.45) is 5.92 Å². The van der Waals surface area contributed by atoms with Crippen molar-refractivity contribution in [3.8, 4) is 0 Å². The van der Waals surface area contributed by atoms with E-state index in [0.29, 0.717) is 0 Å². The Labute approximate surface area is 108 Å². The van der Waals surface area contributed by atoms with Crippen LogP contribution in [0.25, 0.3) is 0 Å². The predicted molar refractivity (Wildman–Crippen MR) is 70.0 cm³/mol. The molecule has 92 valence electrons. The Morgan fingerprint density at radius 1 is 1.25 bits per heavy atom. The summed E-state index contributed by atoms with van der Waals surface area (Å²) in [5.41, 5.74) is 1.47. The number of likely N-dealkylation sites (tertiary alicyclic amines) is 1. The molecule has 2 nitrogen and oxygen atoms in total. The molecule has 0 atom stereocenters. The van der Waals surface area contributed by atoms with E-state index in [1.165, 1.54) is 37.8 Å². The molecule has 0 aromatic carbocycles. The van der Waals surface area contributed by atoms with Crippen LogP contribution in [0.2, 0.25) is 0 Å². The minimum absolute atomic E-state index is 0.718. The molecule has 1 saturated carbocycles. The van der Waals surface area contributed by atoms with E-state index in [9.17, 15) is 0 Å². The molecule has 2 rings (SSSR count). The zero-order valence-electron chi connectivity index (χ0n) is 9.59. The molecule has 0 aromatic heterocycles. The molecule has 0 unspecified atom stereocenters. The Hall–Kier alpha value is 0.240. The molecule has 0 spiro atoms. The lowest BCUT2D eigenvalue weighted by Crippen LogP contribution is -2.43. The second kappa shape index (κ2) is 6.25. The molecule has 2 fully saturated rings. The maximum absolute atomic E-state index is 5.92. The van der Waals surface area contributed by atoms with Crippen molar-refractivity contribution >= 4 is 23.2 Å². The summed E-state index contributed by atoms with van der Waals surface area (Å²) in [5, 5.41) is 4.41. The van der Waals surface area contributed by atoms with E-state index in [2.05, 4.69) is 10.2 Å². The summed E-state index contributed by atoms with van der Waals surface area (Å²) in [6, 6.07) is 0.718. The summed E-state index contributed by atoms with van der Waals surface area (Å²) in [5.74, 6) is 0.978. The minimum atomic E-state index is 0.718. The fraction of sp³-hybridized carbons (Fsp3) is 0.833. The smallest absolute Gasteiger partial charge is 0.0434 e. The van der Waals surface area contributed by atoms with Crippen molar-refractivity contribution in [2.45, 2.75) is 31.7 Å². The standard InChI is InChI=1S/C12H20Cl2N2/c13-7-11(14)9-16-5-3-12(4-6-16)15-8-10-1-2-10/h7,10,12,15H,1-6,8-9H2/b11-7+. The van der Waals surface area contributed by atoms with Crippen molar-refractivity contribution in [2.75, 3.05) is 26.2 Å². The number of nitrogens with zero attached hydrogens (tertiary/aromatic N) is 1. The van der Waals surface area contributed by atoms with Crippen LogP contribution in [0.15, 0.2) is 10.6 Å². The first kappa shape index (κ1) is 12.7. The number of piperidine rings is 1. The van der Waals surface area contributed by atoms with Crippen LogP contribution in [-0.2, 0) is 0 Å². The molecule has 1 saturated heterocycles. The van der Waals surface area contributed by atoms with Crippen molar-refractivity contribution in [3.63, 3.8) is 0 Å². The van der Waals surface area contributed by atoms with Gasteiger partial charge >= 0.3 is 0 Å². The summed E-state index contributed by atoms with van der Waals surface area (Å²) in [7, 11) is 0. The van der Waals surface area contributed by atoms with Crippen LogP contribution >= 0.6 is 23.2 Å². The van der Waals surface area contributed by atoms with Gasteiger partial charge < -0.3 is 5.32 Å². The Balaban J connectivity index is 1.61. The van der Waals surface area contributed by atoms with Gasteiger partial charge in [0, 0.05) is 36.2 Å². The van der Waals surface area contributed by atoms with E-state index in [-0.39, 0.29) is 0 Å². The molecule has 1 heterocycles. The zero-order chi connectivity index (χ0) is 11.4. The highest BCUT2D eigenvalue weighted by atomic mass is 35.5. The topological polar surface area (TPSA) is 15.3 Å². The van der Waals surface area contributed by atoms with Gasteiger partial charge in [0.1, 0.15) is 0 Å². The van der Waals surface area contributed by atoms with E-state index in [1.807, 2.05) is 0 Å². The lowest BCUT2D eigenvalue weighted by atomic mass is 10.0. The van der Waals surface area contributed by atoms with E-state index in [1.54, 1.807) is 0 Å². The molecule has 0 amide bonds. The molecule has 0 radical (unpaired) electrons. The van der Waals surface area contributed by atoms with Crippen LogP contribution in [0.5, 0.6) is 0 Å². The molecular formula is C12H20Cl2N2. The molecule has 0 bridgehead atoms. The Morgan fingerprint density at radius 2 is 1.94 bits per heavy atom. The number of halogens is 2. The molecule has 16 heavy (non-hydrogen) atoms. The van der Waals surface area contributed by atoms with Gasteiger partial charge in [0.15, 0.2) is 0 Å². The van der Waals surface area contributed by atoms with Crippen LogP contribution in [0.4, 0.5) is 0 Å². The summed E-state index contributed by atoms with van der Waals surface area (Å²) in [6.45, 7) is 4.29. The van der Waals surface area contributed by atoms with Gasteiger partial charge in [-0.1, -0.05) is 23.2 Å². The molecule has 0 aromatic rings. The van der Waals surface area contributed by atoms with Gasteiger partial charge in [-0.15, -0.1) is 0 Å². The number of nitrogens with one attached hydrogen (secondary N) is 1. The predicted octanol–water partition coefficient (Wildman–Crippen LogP) is 2.77. The van der Waals surface area contributed by atoms with E-state index in [4.69, 9.17) is 23.2 Å². The number of rotatable bonds is 5. The summed E-state index contributed by atoms with van der Waals surface area (Å²) in [4.78, 5) is 2.37. The SMILES string of the molecule is Cl/C=C(/Cl)CN1CCC(NCC2CC2)CC1. The van der Waals surface area contributed by atoms with Crippen molar-refractivity contribution in [3.05, 3.63) is 10.6 Å². The van der Waals surface area contributed by atoms with Crippen molar-refractivity contribution in [1.82, 2.24) is 10.2 Å². The highest BCUT2D eigenvalue weighted by molar-refractivity contribution is 6.36. The lowest BCUT2D eigenvalue weighted by Gasteiger charge is -2.32. The minimum Gasteiger partial charge on any atom is -0.314 e. The Kier molecular flexibility index (Phi) is 4.96. The largest absolute Gasteiger partial charge is 0.314 e.